The summed E-state index contributed by atoms with van der Waals surface area (Å²) in [7, 11) is 0. The lowest BCUT2D eigenvalue weighted by Gasteiger charge is -1.93. The summed E-state index contributed by atoms with van der Waals surface area (Å²) < 4.78 is 5.09. The number of ether oxygens (including phenoxy) is 1. The van der Waals surface area contributed by atoms with Crippen LogP contribution in [0.4, 0.5) is 0 Å². The molecular formula is C7H14OS. The Labute approximate surface area is 61.5 Å². The molecule has 1 nitrogen and oxygen atoms in total. The topological polar surface area (TPSA) is 9.23 Å². The quantitative estimate of drug-likeness (QED) is 0.435. The van der Waals surface area contributed by atoms with Gasteiger partial charge in [-0.3, -0.25) is 0 Å². The van der Waals surface area contributed by atoms with E-state index in [1.807, 2.05) is 6.92 Å². The number of hydrogen-bond acceptors (Lipinski definition) is 2. The summed E-state index contributed by atoms with van der Waals surface area (Å²) >= 11 is 1.70. The normalized spacial score (nSPS) is 10.9. The van der Waals surface area contributed by atoms with Crippen LogP contribution < -0.4 is 0 Å². The van der Waals surface area contributed by atoms with Crippen LogP contribution in [-0.2, 0) is 4.74 Å². The van der Waals surface area contributed by atoms with E-state index in [-0.39, 0.29) is 0 Å². The van der Waals surface area contributed by atoms with Crippen LogP contribution in [0, 0.1) is 0 Å². The fourth-order valence-electron chi connectivity index (χ4n) is 0.335. The van der Waals surface area contributed by atoms with Gasteiger partial charge in [-0.05, 0) is 18.8 Å². The highest BCUT2D eigenvalue weighted by Gasteiger charge is 1.77. The third-order valence-corrected chi connectivity index (χ3v) is 1.47. The summed E-state index contributed by atoms with van der Waals surface area (Å²) in [4.78, 5) is 0. The first-order chi connectivity index (χ1) is 4.41. The summed E-state index contributed by atoms with van der Waals surface area (Å²) in [6, 6.07) is 0. The van der Waals surface area contributed by atoms with E-state index in [1.165, 1.54) is 0 Å². The Morgan fingerprint density at radius 3 is 2.78 bits per heavy atom. The number of allylic oxidation sites excluding steroid dienone is 1. The Bertz CT molecular complexity index is 71.3. The molecule has 0 aromatic carbocycles. The number of thioether (sulfide) groups is 1. The van der Waals surface area contributed by atoms with Gasteiger partial charge in [-0.25, -0.2) is 0 Å². The largest absolute Gasteiger partial charge is 0.371 e. The average Bonchev–Trinajstić information content (AvgIpc) is 1.89. The number of hydrogen-bond donors (Lipinski definition) is 0. The van der Waals surface area contributed by atoms with Gasteiger partial charge in [0.05, 0.1) is 5.94 Å². The van der Waals surface area contributed by atoms with Crippen molar-refractivity contribution in [2.24, 2.45) is 0 Å². The molecule has 0 N–H and O–H groups in total. The van der Waals surface area contributed by atoms with Crippen LogP contribution in [0.5, 0.6) is 0 Å². The van der Waals surface area contributed by atoms with Crippen molar-refractivity contribution in [3.05, 3.63) is 11.5 Å². The van der Waals surface area contributed by atoms with Crippen LogP contribution >= 0.6 is 11.8 Å². The van der Waals surface area contributed by atoms with Crippen molar-refractivity contribution in [1.82, 2.24) is 0 Å². The maximum atomic E-state index is 5.09. The summed E-state index contributed by atoms with van der Waals surface area (Å²) in [5.41, 5.74) is 0. The van der Waals surface area contributed by atoms with E-state index in [4.69, 9.17) is 4.74 Å². The molecule has 0 aromatic heterocycles. The lowest BCUT2D eigenvalue weighted by molar-refractivity contribution is 0.199. The molecule has 0 saturated carbocycles. The van der Waals surface area contributed by atoms with Gasteiger partial charge in [-0.2, -0.15) is 0 Å². The Morgan fingerprint density at radius 2 is 2.22 bits per heavy atom. The predicted molar refractivity (Wildman–Crippen MR) is 43.5 cm³/mol. The van der Waals surface area contributed by atoms with Gasteiger partial charge in [0.15, 0.2) is 0 Å². The second kappa shape index (κ2) is 8.05. The van der Waals surface area contributed by atoms with Crippen molar-refractivity contribution in [2.45, 2.75) is 20.3 Å². The Morgan fingerprint density at radius 1 is 1.44 bits per heavy atom. The molecule has 0 amide bonds. The summed E-state index contributed by atoms with van der Waals surface area (Å²) in [6.45, 7) is 4.94. The van der Waals surface area contributed by atoms with E-state index in [1.54, 1.807) is 11.8 Å². The summed E-state index contributed by atoms with van der Waals surface area (Å²) in [5, 5.41) is 2.08. The minimum Gasteiger partial charge on any atom is -0.371 e. The second-order valence-electron chi connectivity index (χ2n) is 1.56. The van der Waals surface area contributed by atoms with E-state index in [9.17, 15) is 0 Å². The minimum absolute atomic E-state index is 0.785. The molecular weight excluding hydrogens is 132 g/mol. The van der Waals surface area contributed by atoms with Crippen molar-refractivity contribution < 1.29 is 4.74 Å². The van der Waals surface area contributed by atoms with Crippen LogP contribution in [0.2, 0.25) is 0 Å². The molecule has 0 saturated heterocycles. The van der Waals surface area contributed by atoms with Gasteiger partial charge in [-0.1, -0.05) is 13.0 Å². The highest BCUT2D eigenvalue weighted by Crippen LogP contribution is 2.01. The van der Waals surface area contributed by atoms with Gasteiger partial charge < -0.3 is 4.74 Å². The Hall–Kier alpha value is 0.0500. The Kier molecular flexibility index (Phi) is 8.09. The SMILES string of the molecule is CC/C=C\SCOCC. The van der Waals surface area contributed by atoms with Gasteiger partial charge in [0, 0.05) is 6.61 Å². The highest BCUT2D eigenvalue weighted by molar-refractivity contribution is 8.01. The molecule has 0 aliphatic rings. The smallest absolute Gasteiger partial charge is 0.0960 e. The summed E-state index contributed by atoms with van der Waals surface area (Å²) in [5.74, 6) is 0.785. The molecule has 0 atom stereocenters. The molecule has 0 radical (unpaired) electrons. The van der Waals surface area contributed by atoms with E-state index >= 15 is 0 Å². The zero-order valence-corrected chi connectivity index (χ0v) is 6.91. The lowest BCUT2D eigenvalue weighted by Crippen LogP contribution is -1.85. The van der Waals surface area contributed by atoms with Crippen LogP contribution in [0.1, 0.15) is 20.3 Å². The monoisotopic (exact) mass is 146 g/mol. The highest BCUT2D eigenvalue weighted by atomic mass is 32.2. The van der Waals surface area contributed by atoms with Gasteiger partial charge in [0.2, 0.25) is 0 Å². The molecule has 0 unspecified atom stereocenters. The molecule has 0 aliphatic heterocycles. The zero-order chi connectivity index (χ0) is 6.95. The average molecular weight is 146 g/mol. The fourth-order valence-corrected chi connectivity index (χ4v) is 1.00. The molecule has 0 bridgehead atoms. The van der Waals surface area contributed by atoms with Crippen molar-refractivity contribution in [2.75, 3.05) is 12.5 Å². The fraction of sp³-hybridized carbons (Fsp3) is 0.714. The van der Waals surface area contributed by atoms with E-state index < -0.39 is 0 Å². The van der Waals surface area contributed by atoms with E-state index in [0.717, 1.165) is 19.0 Å². The second-order valence-corrected chi connectivity index (χ2v) is 2.40. The van der Waals surface area contributed by atoms with Crippen molar-refractivity contribution in [1.29, 1.82) is 0 Å². The van der Waals surface area contributed by atoms with Gasteiger partial charge in [-0.15, -0.1) is 11.8 Å². The Balaban J connectivity index is 2.82. The van der Waals surface area contributed by atoms with Crippen LogP contribution in [0.3, 0.4) is 0 Å². The molecule has 0 aromatic rings. The molecule has 0 fully saturated rings. The molecule has 54 valence electrons. The number of rotatable bonds is 5. The standard InChI is InChI=1S/C7H14OS/c1-3-5-6-9-7-8-4-2/h5-6H,3-4,7H2,1-2H3/b6-5-. The van der Waals surface area contributed by atoms with Crippen molar-refractivity contribution in [3.63, 3.8) is 0 Å². The third kappa shape index (κ3) is 8.05. The molecule has 0 aliphatic carbocycles. The molecule has 0 heterocycles. The lowest BCUT2D eigenvalue weighted by atomic mass is 10.5. The first-order valence-electron chi connectivity index (χ1n) is 3.26. The van der Waals surface area contributed by atoms with Gasteiger partial charge in [0.25, 0.3) is 0 Å². The third-order valence-electron chi connectivity index (χ3n) is 0.784. The molecule has 0 spiro atoms. The molecule has 0 rings (SSSR count). The summed E-state index contributed by atoms with van der Waals surface area (Å²) in [6.07, 6.45) is 3.24. The first kappa shape index (κ1) is 9.05. The molecule has 2 heteroatoms. The van der Waals surface area contributed by atoms with E-state index in [0.29, 0.717) is 0 Å². The first-order valence-corrected chi connectivity index (χ1v) is 4.31. The predicted octanol–water partition coefficient (Wildman–Crippen LogP) is 2.64. The van der Waals surface area contributed by atoms with Gasteiger partial charge >= 0.3 is 0 Å². The molecule has 9 heavy (non-hydrogen) atoms. The van der Waals surface area contributed by atoms with Crippen molar-refractivity contribution in [3.8, 4) is 0 Å². The van der Waals surface area contributed by atoms with Crippen LogP contribution in [-0.4, -0.2) is 12.5 Å². The van der Waals surface area contributed by atoms with Crippen LogP contribution in [0.25, 0.3) is 0 Å². The van der Waals surface area contributed by atoms with Gasteiger partial charge in [0.1, 0.15) is 0 Å². The van der Waals surface area contributed by atoms with E-state index in [2.05, 4.69) is 18.4 Å². The maximum Gasteiger partial charge on any atom is 0.0960 e. The zero-order valence-electron chi connectivity index (χ0n) is 6.09. The van der Waals surface area contributed by atoms with Crippen LogP contribution in [0.15, 0.2) is 11.5 Å². The minimum atomic E-state index is 0.785. The van der Waals surface area contributed by atoms with Crippen molar-refractivity contribution >= 4 is 11.8 Å². The maximum absolute atomic E-state index is 5.09.